The maximum Gasteiger partial charge on any atom is 0.321 e. The number of carbonyl (C=O) groups excluding carboxylic acids is 2. The predicted octanol–water partition coefficient (Wildman–Crippen LogP) is 1.81. The molecule has 1 aromatic heterocycles. The third-order valence-corrected chi connectivity index (χ3v) is 4.51. The minimum absolute atomic E-state index is 0.0480. The van der Waals surface area contributed by atoms with Gasteiger partial charge in [-0.05, 0) is 37.1 Å². The Balaban J connectivity index is 1.52. The maximum absolute atomic E-state index is 12.3. The van der Waals surface area contributed by atoms with Crippen molar-refractivity contribution in [3.63, 3.8) is 0 Å². The van der Waals surface area contributed by atoms with E-state index in [4.69, 9.17) is 0 Å². The van der Waals surface area contributed by atoms with E-state index in [1.165, 1.54) is 10.6 Å². The highest BCUT2D eigenvalue weighted by molar-refractivity contribution is 5.94. The van der Waals surface area contributed by atoms with Gasteiger partial charge in [-0.2, -0.15) is 0 Å². The number of amides is 3. The number of anilines is 1. The van der Waals surface area contributed by atoms with Crippen molar-refractivity contribution in [1.82, 2.24) is 14.8 Å². The van der Waals surface area contributed by atoms with E-state index in [2.05, 4.69) is 10.6 Å². The van der Waals surface area contributed by atoms with Gasteiger partial charge in [0.1, 0.15) is 5.56 Å². The first-order valence-electron chi connectivity index (χ1n) is 8.62. The second-order valence-electron chi connectivity index (χ2n) is 6.37. The Labute approximate surface area is 151 Å². The number of hydrogen-bond donors (Lipinski definition) is 2. The average Bonchev–Trinajstić information content (AvgIpc) is 2.65. The molecule has 0 saturated carbocycles. The van der Waals surface area contributed by atoms with E-state index in [-0.39, 0.29) is 29.1 Å². The van der Waals surface area contributed by atoms with Crippen molar-refractivity contribution in [2.75, 3.05) is 18.4 Å². The van der Waals surface area contributed by atoms with Gasteiger partial charge in [0.25, 0.3) is 11.5 Å². The number of rotatable bonds is 3. The van der Waals surface area contributed by atoms with Gasteiger partial charge in [-0.25, -0.2) is 4.79 Å². The lowest BCUT2D eigenvalue weighted by atomic mass is 10.0. The monoisotopic (exact) mass is 354 g/mol. The zero-order valence-corrected chi connectivity index (χ0v) is 14.6. The van der Waals surface area contributed by atoms with Gasteiger partial charge in [0, 0.05) is 38.1 Å². The summed E-state index contributed by atoms with van der Waals surface area (Å²) in [5, 5.41) is 5.76. The Morgan fingerprint density at radius 1 is 1.04 bits per heavy atom. The summed E-state index contributed by atoms with van der Waals surface area (Å²) in [5.41, 5.74) is 0.580. The molecular weight excluding hydrogens is 332 g/mol. The number of likely N-dealkylation sites (tertiary alicyclic amines) is 1. The lowest BCUT2D eigenvalue weighted by molar-refractivity contribution is 0.0917. The summed E-state index contributed by atoms with van der Waals surface area (Å²) in [6.07, 6.45) is 2.92. The van der Waals surface area contributed by atoms with E-state index in [0.717, 1.165) is 5.69 Å². The summed E-state index contributed by atoms with van der Waals surface area (Å²) in [4.78, 5) is 38.3. The minimum Gasteiger partial charge on any atom is -0.349 e. The van der Waals surface area contributed by atoms with Crippen molar-refractivity contribution >= 4 is 17.6 Å². The van der Waals surface area contributed by atoms with Gasteiger partial charge in [-0.1, -0.05) is 18.2 Å². The number of aromatic nitrogens is 1. The second kappa shape index (κ2) is 7.86. The Bertz CT molecular complexity index is 839. The first-order valence-corrected chi connectivity index (χ1v) is 8.62. The van der Waals surface area contributed by atoms with Crippen LogP contribution >= 0.6 is 0 Å². The summed E-state index contributed by atoms with van der Waals surface area (Å²) in [6, 6.07) is 12.3. The lowest BCUT2D eigenvalue weighted by Gasteiger charge is -2.32. The van der Waals surface area contributed by atoms with Crippen molar-refractivity contribution in [3.8, 4) is 0 Å². The van der Waals surface area contributed by atoms with Crippen molar-refractivity contribution in [1.29, 1.82) is 0 Å². The summed E-state index contributed by atoms with van der Waals surface area (Å²) < 4.78 is 1.38. The van der Waals surface area contributed by atoms with E-state index in [1.54, 1.807) is 24.2 Å². The van der Waals surface area contributed by atoms with E-state index in [1.807, 2.05) is 30.3 Å². The van der Waals surface area contributed by atoms with Crippen LogP contribution in [0.15, 0.2) is 53.5 Å². The van der Waals surface area contributed by atoms with Crippen LogP contribution in [0.4, 0.5) is 10.5 Å². The third kappa shape index (κ3) is 4.11. The van der Waals surface area contributed by atoms with Crippen LogP contribution in [0.3, 0.4) is 0 Å². The SMILES string of the molecule is Cn1cccc(C(=O)NC2CCN(C(=O)Nc3ccccc3)CC2)c1=O. The van der Waals surface area contributed by atoms with E-state index in [0.29, 0.717) is 25.9 Å². The fraction of sp³-hybridized carbons (Fsp3) is 0.316. The molecule has 136 valence electrons. The molecule has 1 aromatic carbocycles. The van der Waals surface area contributed by atoms with Gasteiger partial charge in [-0.15, -0.1) is 0 Å². The van der Waals surface area contributed by atoms with Crippen LogP contribution in [-0.4, -0.2) is 40.5 Å². The van der Waals surface area contributed by atoms with Gasteiger partial charge in [0.2, 0.25) is 0 Å². The Kier molecular flexibility index (Phi) is 5.36. The standard InChI is InChI=1S/C19H22N4O3/c1-22-11-5-8-16(18(22)25)17(24)20-15-9-12-23(13-10-15)19(26)21-14-6-3-2-4-7-14/h2-8,11,15H,9-10,12-13H2,1H3,(H,20,24)(H,21,26). The Morgan fingerprint density at radius 2 is 1.73 bits per heavy atom. The zero-order chi connectivity index (χ0) is 18.5. The molecule has 1 fully saturated rings. The molecule has 1 saturated heterocycles. The summed E-state index contributed by atoms with van der Waals surface area (Å²) in [6.45, 7) is 1.10. The summed E-state index contributed by atoms with van der Waals surface area (Å²) >= 11 is 0. The molecule has 0 atom stereocenters. The number of nitrogens with zero attached hydrogens (tertiary/aromatic N) is 2. The molecule has 1 aliphatic rings. The fourth-order valence-electron chi connectivity index (χ4n) is 2.98. The molecule has 0 bridgehead atoms. The number of hydrogen-bond acceptors (Lipinski definition) is 3. The fourth-order valence-corrected chi connectivity index (χ4v) is 2.98. The number of urea groups is 1. The number of carbonyl (C=O) groups is 2. The van der Waals surface area contributed by atoms with Crippen molar-refractivity contribution in [3.05, 3.63) is 64.6 Å². The maximum atomic E-state index is 12.3. The van der Waals surface area contributed by atoms with Gasteiger partial charge in [0.05, 0.1) is 0 Å². The average molecular weight is 354 g/mol. The molecule has 0 unspecified atom stereocenters. The molecule has 0 aliphatic carbocycles. The number of para-hydroxylation sites is 1. The van der Waals surface area contributed by atoms with Gasteiger partial charge in [0.15, 0.2) is 0 Å². The zero-order valence-electron chi connectivity index (χ0n) is 14.6. The smallest absolute Gasteiger partial charge is 0.321 e. The lowest BCUT2D eigenvalue weighted by Crippen LogP contribution is -2.48. The molecule has 2 heterocycles. The summed E-state index contributed by atoms with van der Waals surface area (Å²) in [7, 11) is 1.61. The van der Waals surface area contributed by atoms with Crippen molar-refractivity contribution < 1.29 is 9.59 Å². The molecule has 3 rings (SSSR count). The van der Waals surface area contributed by atoms with Crippen molar-refractivity contribution in [2.24, 2.45) is 7.05 Å². The molecule has 0 radical (unpaired) electrons. The third-order valence-electron chi connectivity index (χ3n) is 4.51. The number of nitrogens with one attached hydrogen (secondary N) is 2. The minimum atomic E-state index is -0.363. The first kappa shape index (κ1) is 17.7. The largest absolute Gasteiger partial charge is 0.349 e. The number of piperidine rings is 1. The van der Waals surface area contributed by atoms with Gasteiger partial charge < -0.3 is 20.1 Å². The Hall–Kier alpha value is -3.09. The normalized spacial score (nSPS) is 14.7. The molecule has 2 aromatic rings. The highest BCUT2D eigenvalue weighted by Crippen LogP contribution is 2.13. The van der Waals surface area contributed by atoms with Gasteiger partial charge >= 0.3 is 6.03 Å². The van der Waals surface area contributed by atoms with E-state index < -0.39 is 0 Å². The topological polar surface area (TPSA) is 83.4 Å². The highest BCUT2D eigenvalue weighted by atomic mass is 16.2. The van der Waals surface area contributed by atoms with Crippen LogP contribution in [0.25, 0.3) is 0 Å². The Morgan fingerprint density at radius 3 is 2.42 bits per heavy atom. The predicted molar refractivity (Wildman–Crippen MR) is 99.2 cm³/mol. The van der Waals surface area contributed by atoms with Crippen LogP contribution in [0.2, 0.25) is 0 Å². The van der Waals surface area contributed by atoms with Gasteiger partial charge in [-0.3, -0.25) is 9.59 Å². The number of aryl methyl sites for hydroxylation is 1. The van der Waals surface area contributed by atoms with Crippen LogP contribution < -0.4 is 16.2 Å². The molecule has 7 nitrogen and oxygen atoms in total. The second-order valence-corrected chi connectivity index (χ2v) is 6.37. The van der Waals surface area contributed by atoms with Crippen LogP contribution in [0, 0.1) is 0 Å². The molecule has 26 heavy (non-hydrogen) atoms. The van der Waals surface area contributed by atoms with Crippen LogP contribution in [-0.2, 0) is 7.05 Å². The number of pyridine rings is 1. The molecule has 2 N–H and O–H groups in total. The molecule has 1 aliphatic heterocycles. The van der Waals surface area contributed by atoms with Crippen LogP contribution in [0.1, 0.15) is 23.2 Å². The quantitative estimate of drug-likeness (QED) is 0.882. The summed E-state index contributed by atoms with van der Waals surface area (Å²) in [5.74, 6) is -0.363. The molecule has 0 spiro atoms. The van der Waals surface area contributed by atoms with Crippen LogP contribution in [0.5, 0.6) is 0 Å². The highest BCUT2D eigenvalue weighted by Gasteiger charge is 2.24. The first-order chi connectivity index (χ1) is 12.5. The molecule has 7 heteroatoms. The number of benzene rings is 1. The molecular formula is C19H22N4O3. The molecule has 3 amide bonds. The van der Waals surface area contributed by atoms with E-state index in [9.17, 15) is 14.4 Å². The van der Waals surface area contributed by atoms with Crippen molar-refractivity contribution in [2.45, 2.75) is 18.9 Å². The van der Waals surface area contributed by atoms with E-state index >= 15 is 0 Å².